The standard InChI is InChI=1S/C22H21BrF6N2O4/c1-20(19(33)35-3,10-22(27,28)29)30-18(32)15-6-12(9-21(24,25)26)17-13-8-14(23)16(34-2)7-11(13)4-5-31(15)17/h6-8H,4-5,9-10H2,1-3H3,(H,30,32)/t20-/m0/s1. The topological polar surface area (TPSA) is 69.6 Å². The highest BCUT2D eigenvalue weighted by Gasteiger charge is 2.47. The number of alkyl halides is 6. The number of fused-ring (bicyclic) bond motifs is 3. The van der Waals surface area contributed by atoms with Gasteiger partial charge >= 0.3 is 18.3 Å². The fourth-order valence-corrected chi connectivity index (χ4v) is 4.72. The summed E-state index contributed by atoms with van der Waals surface area (Å²) in [6.45, 7) is 0.932. The molecule has 1 aromatic heterocycles. The van der Waals surface area contributed by atoms with Crippen LogP contribution in [0.5, 0.6) is 5.75 Å². The van der Waals surface area contributed by atoms with E-state index in [1.54, 1.807) is 12.1 Å². The molecule has 192 valence electrons. The number of amides is 1. The Balaban J connectivity index is 2.12. The summed E-state index contributed by atoms with van der Waals surface area (Å²) in [6.07, 6.45) is -12.2. The third kappa shape index (κ3) is 5.76. The third-order valence-electron chi connectivity index (χ3n) is 5.62. The van der Waals surface area contributed by atoms with E-state index < -0.39 is 42.6 Å². The van der Waals surface area contributed by atoms with Gasteiger partial charge in [-0.05, 0) is 58.6 Å². The number of carbonyl (C=O) groups excluding carboxylic acids is 2. The number of halogens is 7. The van der Waals surface area contributed by atoms with Gasteiger partial charge in [0.05, 0.1) is 37.2 Å². The largest absolute Gasteiger partial charge is 0.496 e. The summed E-state index contributed by atoms with van der Waals surface area (Å²) >= 11 is 3.31. The normalized spacial score (nSPS) is 15.0. The van der Waals surface area contributed by atoms with E-state index in [1.807, 2.05) is 5.32 Å². The van der Waals surface area contributed by atoms with Crippen molar-refractivity contribution >= 4 is 27.8 Å². The molecule has 1 atom stereocenters. The Bertz CT molecular complexity index is 1160. The molecular formula is C22H21BrF6N2O4. The van der Waals surface area contributed by atoms with Gasteiger partial charge < -0.3 is 19.4 Å². The van der Waals surface area contributed by atoms with Crippen LogP contribution in [0.25, 0.3) is 11.3 Å². The Morgan fingerprint density at radius 1 is 1.09 bits per heavy atom. The lowest BCUT2D eigenvalue weighted by atomic mass is 9.95. The van der Waals surface area contributed by atoms with Crippen molar-refractivity contribution in [1.82, 2.24) is 9.88 Å². The highest BCUT2D eigenvalue weighted by atomic mass is 79.9. The maximum Gasteiger partial charge on any atom is 0.393 e. The SMILES string of the molecule is COC(=O)[C@](C)(CC(F)(F)F)NC(=O)c1cc(CC(F)(F)F)c2n1CCc1cc(OC)c(Br)cc1-2. The van der Waals surface area contributed by atoms with E-state index in [2.05, 4.69) is 20.7 Å². The Morgan fingerprint density at radius 2 is 1.74 bits per heavy atom. The number of rotatable bonds is 6. The molecule has 1 N–H and O–H groups in total. The van der Waals surface area contributed by atoms with Gasteiger partial charge in [0.25, 0.3) is 5.91 Å². The second-order valence-electron chi connectivity index (χ2n) is 8.31. The van der Waals surface area contributed by atoms with Crippen molar-refractivity contribution in [3.63, 3.8) is 0 Å². The Labute approximate surface area is 204 Å². The molecule has 2 aromatic rings. The number of hydrogen-bond acceptors (Lipinski definition) is 4. The van der Waals surface area contributed by atoms with Crippen molar-refractivity contribution in [2.45, 2.75) is 50.6 Å². The van der Waals surface area contributed by atoms with Crippen molar-refractivity contribution in [2.24, 2.45) is 0 Å². The van der Waals surface area contributed by atoms with Gasteiger partial charge in [-0.3, -0.25) is 4.79 Å². The number of nitrogens with zero attached hydrogens (tertiary/aromatic N) is 1. The second kappa shape index (κ2) is 9.40. The van der Waals surface area contributed by atoms with E-state index in [9.17, 15) is 35.9 Å². The molecule has 0 saturated heterocycles. The van der Waals surface area contributed by atoms with Crippen molar-refractivity contribution in [1.29, 1.82) is 0 Å². The lowest BCUT2D eigenvalue weighted by Crippen LogP contribution is -2.55. The van der Waals surface area contributed by atoms with Gasteiger partial charge in [0.15, 0.2) is 0 Å². The lowest BCUT2D eigenvalue weighted by molar-refractivity contribution is -0.169. The molecule has 2 heterocycles. The first-order chi connectivity index (χ1) is 16.1. The van der Waals surface area contributed by atoms with Crippen molar-refractivity contribution in [2.75, 3.05) is 14.2 Å². The lowest BCUT2D eigenvalue weighted by Gasteiger charge is -2.29. The van der Waals surface area contributed by atoms with Crippen LogP contribution in [0.1, 0.15) is 35.0 Å². The monoisotopic (exact) mass is 570 g/mol. The van der Waals surface area contributed by atoms with E-state index in [-0.39, 0.29) is 23.5 Å². The summed E-state index contributed by atoms with van der Waals surface area (Å²) < 4.78 is 91.0. The van der Waals surface area contributed by atoms with Gasteiger partial charge in [-0.15, -0.1) is 0 Å². The number of carbonyl (C=O) groups is 2. The van der Waals surface area contributed by atoms with Gasteiger partial charge in [-0.2, -0.15) is 26.3 Å². The highest BCUT2D eigenvalue weighted by Crippen LogP contribution is 2.41. The number of nitrogens with one attached hydrogen (secondary N) is 1. The summed E-state index contributed by atoms with van der Waals surface area (Å²) in [6, 6.07) is 4.24. The first-order valence-corrected chi connectivity index (χ1v) is 11.0. The number of aryl methyl sites for hydroxylation is 1. The molecule has 6 nitrogen and oxygen atoms in total. The van der Waals surface area contributed by atoms with Crippen LogP contribution in [0.15, 0.2) is 22.7 Å². The first kappa shape index (κ1) is 26.9. The van der Waals surface area contributed by atoms with Crippen molar-refractivity contribution in [3.05, 3.63) is 39.5 Å². The number of ether oxygens (including phenoxy) is 2. The van der Waals surface area contributed by atoms with E-state index in [0.29, 0.717) is 27.8 Å². The predicted molar refractivity (Wildman–Crippen MR) is 116 cm³/mol. The molecule has 1 amide bonds. The van der Waals surface area contributed by atoms with Gasteiger partial charge in [0.1, 0.15) is 17.0 Å². The summed E-state index contributed by atoms with van der Waals surface area (Å²) in [4.78, 5) is 25.2. The summed E-state index contributed by atoms with van der Waals surface area (Å²) in [5.41, 5.74) is -1.78. The number of methoxy groups -OCH3 is 2. The zero-order chi connectivity index (χ0) is 26.3. The molecule has 13 heteroatoms. The van der Waals surface area contributed by atoms with Gasteiger partial charge in [-0.1, -0.05) is 0 Å². The summed E-state index contributed by atoms with van der Waals surface area (Å²) in [5, 5.41) is 2.03. The fraction of sp³-hybridized carbons (Fsp3) is 0.455. The molecule has 1 aliphatic heterocycles. The minimum Gasteiger partial charge on any atom is -0.496 e. The van der Waals surface area contributed by atoms with E-state index in [4.69, 9.17) is 4.74 Å². The van der Waals surface area contributed by atoms with E-state index >= 15 is 0 Å². The predicted octanol–water partition coefficient (Wildman–Crippen LogP) is 5.20. The average molecular weight is 571 g/mol. The number of esters is 1. The summed E-state index contributed by atoms with van der Waals surface area (Å²) in [5.74, 6) is -2.00. The number of aromatic nitrogens is 1. The van der Waals surface area contributed by atoms with Gasteiger partial charge in [-0.25, -0.2) is 4.79 Å². The highest BCUT2D eigenvalue weighted by molar-refractivity contribution is 9.10. The molecule has 0 fully saturated rings. The van der Waals surface area contributed by atoms with Crippen LogP contribution < -0.4 is 10.1 Å². The second-order valence-corrected chi connectivity index (χ2v) is 9.17. The minimum atomic E-state index is -4.83. The molecule has 0 unspecified atom stereocenters. The van der Waals surface area contributed by atoms with Gasteiger partial charge in [0, 0.05) is 12.1 Å². The van der Waals surface area contributed by atoms with Crippen molar-refractivity contribution < 1.29 is 45.4 Å². The number of benzene rings is 1. The van der Waals surface area contributed by atoms with Crippen LogP contribution in [0, 0.1) is 0 Å². The Morgan fingerprint density at radius 3 is 2.29 bits per heavy atom. The van der Waals surface area contributed by atoms with Crippen LogP contribution in [-0.4, -0.2) is 48.6 Å². The van der Waals surface area contributed by atoms with Crippen LogP contribution in [-0.2, 0) is 28.9 Å². The quantitative estimate of drug-likeness (QED) is 0.383. The van der Waals surface area contributed by atoms with Crippen LogP contribution in [0.2, 0.25) is 0 Å². The maximum atomic E-state index is 13.4. The first-order valence-electron chi connectivity index (χ1n) is 10.2. The smallest absolute Gasteiger partial charge is 0.393 e. The van der Waals surface area contributed by atoms with Crippen LogP contribution in [0.3, 0.4) is 0 Å². The van der Waals surface area contributed by atoms with E-state index in [1.165, 1.54) is 11.7 Å². The van der Waals surface area contributed by atoms with E-state index in [0.717, 1.165) is 20.1 Å². The zero-order valence-electron chi connectivity index (χ0n) is 18.8. The third-order valence-corrected chi connectivity index (χ3v) is 6.24. The molecule has 0 saturated carbocycles. The van der Waals surface area contributed by atoms with Crippen molar-refractivity contribution in [3.8, 4) is 17.0 Å². The molecule has 0 spiro atoms. The minimum absolute atomic E-state index is 0.0853. The number of hydrogen-bond donors (Lipinski definition) is 1. The maximum absolute atomic E-state index is 13.4. The molecular weight excluding hydrogens is 550 g/mol. The summed E-state index contributed by atoms with van der Waals surface area (Å²) in [7, 11) is 2.31. The zero-order valence-corrected chi connectivity index (χ0v) is 20.4. The molecule has 0 radical (unpaired) electrons. The Hall–Kier alpha value is -2.70. The molecule has 1 aromatic carbocycles. The molecule has 3 rings (SSSR count). The Kier molecular flexibility index (Phi) is 7.22. The van der Waals surface area contributed by atoms with Crippen LogP contribution in [0.4, 0.5) is 26.3 Å². The average Bonchev–Trinajstić information content (AvgIpc) is 3.08. The molecule has 0 bridgehead atoms. The molecule has 0 aliphatic carbocycles. The molecule has 1 aliphatic rings. The van der Waals surface area contributed by atoms with Crippen LogP contribution >= 0.6 is 15.9 Å². The molecule has 35 heavy (non-hydrogen) atoms. The van der Waals surface area contributed by atoms with Gasteiger partial charge in [0.2, 0.25) is 0 Å². The fourth-order valence-electron chi connectivity index (χ4n) is 4.21.